The summed E-state index contributed by atoms with van der Waals surface area (Å²) in [6, 6.07) is 0. The highest BCUT2D eigenvalue weighted by molar-refractivity contribution is 7.91. The topological polar surface area (TPSA) is 34.1 Å². The zero-order valence-corrected chi connectivity index (χ0v) is 10.00. The molecule has 0 saturated carbocycles. The number of sulfone groups is 1. The van der Waals surface area contributed by atoms with Gasteiger partial charge in [0.1, 0.15) is 9.84 Å². The second-order valence-electron chi connectivity index (χ2n) is 3.73. The van der Waals surface area contributed by atoms with Crippen molar-refractivity contribution in [2.75, 3.05) is 17.4 Å². The van der Waals surface area contributed by atoms with Gasteiger partial charge in [0, 0.05) is 5.88 Å². The Bertz CT molecular complexity index is 210. The van der Waals surface area contributed by atoms with Crippen LogP contribution in [0, 0.1) is 5.92 Å². The van der Waals surface area contributed by atoms with Gasteiger partial charge in [-0.05, 0) is 25.2 Å². The van der Waals surface area contributed by atoms with Crippen LogP contribution in [0.25, 0.3) is 0 Å². The zero-order chi connectivity index (χ0) is 10.3. The Balaban J connectivity index is 3.68. The monoisotopic (exact) mass is 226 g/mol. The van der Waals surface area contributed by atoms with Crippen molar-refractivity contribution in [3.05, 3.63) is 0 Å². The Labute approximate surface area is 86.6 Å². The van der Waals surface area contributed by atoms with Crippen molar-refractivity contribution in [1.82, 2.24) is 0 Å². The molecule has 2 nitrogen and oxygen atoms in total. The maximum absolute atomic E-state index is 11.4. The van der Waals surface area contributed by atoms with Gasteiger partial charge in [-0.3, -0.25) is 0 Å². The first-order chi connectivity index (χ1) is 5.98. The van der Waals surface area contributed by atoms with Crippen LogP contribution in [0.4, 0.5) is 0 Å². The predicted octanol–water partition coefficient (Wildman–Crippen LogP) is 2.47. The summed E-state index contributed by atoms with van der Waals surface area (Å²) in [7, 11) is -2.81. The van der Waals surface area contributed by atoms with Gasteiger partial charge in [0.2, 0.25) is 0 Å². The van der Waals surface area contributed by atoms with E-state index in [4.69, 9.17) is 11.6 Å². The van der Waals surface area contributed by atoms with Crippen molar-refractivity contribution < 1.29 is 8.42 Å². The Morgan fingerprint density at radius 3 is 2.23 bits per heavy atom. The molecule has 0 aliphatic heterocycles. The van der Waals surface area contributed by atoms with Crippen molar-refractivity contribution >= 4 is 21.4 Å². The lowest BCUT2D eigenvalue weighted by Crippen LogP contribution is -2.12. The molecule has 0 amide bonds. The fourth-order valence-corrected chi connectivity index (χ4v) is 2.80. The van der Waals surface area contributed by atoms with Gasteiger partial charge in [-0.1, -0.05) is 13.8 Å². The van der Waals surface area contributed by atoms with E-state index >= 15 is 0 Å². The van der Waals surface area contributed by atoms with E-state index in [-0.39, 0.29) is 0 Å². The van der Waals surface area contributed by atoms with Gasteiger partial charge in [-0.25, -0.2) is 8.42 Å². The van der Waals surface area contributed by atoms with E-state index in [0.717, 1.165) is 12.8 Å². The molecule has 0 aliphatic rings. The van der Waals surface area contributed by atoms with Gasteiger partial charge in [0.05, 0.1) is 11.5 Å². The van der Waals surface area contributed by atoms with Crippen LogP contribution in [-0.4, -0.2) is 25.8 Å². The molecule has 0 spiro atoms. The molecular weight excluding hydrogens is 208 g/mol. The standard InChI is InChI=1S/C9H19ClO2S/c1-9(2)5-8-13(11,12)7-4-3-6-10/h9H,3-8H2,1-2H3. The van der Waals surface area contributed by atoms with Crippen molar-refractivity contribution in [2.24, 2.45) is 5.92 Å². The third-order valence-electron chi connectivity index (χ3n) is 1.85. The number of halogens is 1. The molecule has 0 aliphatic carbocycles. The smallest absolute Gasteiger partial charge is 0.150 e. The van der Waals surface area contributed by atoms with E-state index in [1.54, 1.807) is 0 Å². The summed E-state index contributed by atoms with van der Waals surface area (Å²) in [6.07, 6.45) is 2.26. The summed E-state index contributed by atoms with van der Waals surface area (Å²) in [5.41, 5.74) is 0. The van der Waals surface area contributed by atoms with Gasteiger partial charge in [-0.15, -0.1) is 11.6 Å². The molecule has 0 aromatic rings. The molecule has 0 fully saturated rings. The Hall–Kier alpha value is 0.240. The normalized spacial score (nSPS) is 12.3. The minimum absolute atomic E-state index is 0.298. The number of unbranched alkanes of at least 4 members (excludes halogenated alkanes) is 1. The van der Waals surface area contributed by atoms with Crippen LogP contribution < -0.4 is 0 Å². The predicted molar refractivity (Wildman–Crippen MR) is 58.1 cm³/mol. The summed E-state index contributed by atoms with van der Waals surface area (Å²) in [6.45, 7) is 4.07. The van der Waals surface area contributed by atoms with E-state index < -0.39 is 9.84 Å². The van der Waals surface area contributed by atoms with Crippen LogP contribution in [0.15, 0.2) is 0 Å². The third-order valence-corrected chi connectivity index (χ3v) is 3.88. The molecule has 0 aromatic carbocycles. The molecule has 0 radical (unpaired) electrons. The maximum atomic E-state index is 11.4. The van der Waals surface area contributed by atoms with E-state index in [1.807, 2.05) is 13.8 Å². The zero-order valence-electron chi connectivity index (χ0n) is 8.42. The molecule has 0 saturated heterocycles. The maximum Gasteiger partial charge on any atom is 0.150 e. The molecule has 0 heterocycles. The first-order valence-electron chi connectivity index (χ1n) is 4.74. The molecule has 0 rings (SSSR count). The number of alkyl halides is 1. The van der Waals surface area contributed by atoms with Crippen LogP contribution in [0.1, 0.15) is 33.1 Å². The van der Waals surface area contributed by atoms with Crippen LogP contribution in [0.3, 0.4) is 0 Å². The molecule has 0 atom stereocenters. The first kappa shape index (κ1) is 13.2. The highest BCUT2D eigenvalue weighted by Gasteiger charge is 2.10. The molecule has 0 bridgehead atoms. The quantitative estimate of drug-likeness (QED) is 0.494. The summed E-state index contributed by atoms with van der Waals surface area (Å²) in [5, 5.41) is 0. The highest BCUT2D eigenvalue weighted by Crippen LogP contribution is 2.05. The van der Waals surface area contributed by atoms with Gasteiger partial charge < -0.3 is 0 Å². The molecule has 80 valence electrons. The summed E-state index contributed by atoms with van der Waals surface area (Å²) >= 11 is 5.46. The Kier molecular flexibility index (Phi) is 6.78. The minimum Gasteiger partial charge on any atom is -0.229 e. The van der Waals surface area contributed by atoms with Gasteiger partial charge in [0.25, 0.3) is 0 Å². The molecule has 0 unspecified atom stereocenters. The van der Waals surface area contributed by atoms with Crippen molar-refractivity contribution in [3.63, 3.8) is 0 Å². The van der Waals surface area contributed by atoms with Crippen molar-refractivity contribution in [2.45, 2.75) is 33.1 Å². The second-order valence-corrected chi connectivity index (χ2v) is 6.41. The van der Waals surface area contributed by atoms with Crippen LogP contribution in [0.2, 0.25) is 0 Å². The molecule has 0 aromatic heterocycles. The highest BCUT2D eigenvalue weighted by atomic mass is 35.5. The van der Waals surface area contributed by atoms with Crippen LogP contribution in [0.5, 0.6) is 0 Å². The average Bonchev–Trinajstić information content (AvgIpc) is 2.02. The fraction of sp³-hybridized carbons (Fsp3) is 1.00. The lowest BCUT2D eigenvalue weighted by molar-refractivity contribution is 0.571. The first-order valence-corrected chi connectivity index (χ1v) is 7.10. The number of hydrogen-bond donors (Lipinski definition) is 0. The minimum atomic E-state index is -2.81. The lowest BCUT2D eigenvalue weighted by Gasteiger charge is -2.05. The molecular formula is C9H19ClO2S. The van der Waals surface area contributed by atoms with E-state index in [9.17, 15) is 8.42 Å². The summed E-state index contributed by atoms with van der Waals surface area (Å²) in [4.78, 5) is 0. The van der Waals surface area contributed by atoms with Crippen molar-refractivity contribution in [3.8, 4) is 0 Å². The second kappa shape index (κ2) is 6.66. The van der Waals surface area contributed by atoms with Crippen molar-refractivity contribution in [1.29, 1.82) is 0 Å². The largest absolute Gasteiger partial charge is 0.229 e. The van der Waals surface area contributed by atoms with Crippen LogP contribution >= 0.6 is 11.6 Å². The van der Waals surface area contributed by atoms with Gasteiger partial charge >= 0.3 is 0 Å². The van der Waals surface area contributed by atoms with E-state index in [2.05, 4.69) is 0 Å². The third kappa shape index (κ3) is 8.57. The number of hydrogen-bond acceptors (Lipinski definition) is 2. The Morgan fingerprint density at radius 2 is 1.77 bits per heavy atom. The molecule has 13 heavy (non-hydrogen) atoms. The molecule has 4 heteroatoms. The average molecular weight is 227 g/mol. The van der Waals surface area contributed by atoms with Gasteiger partial charge in [0.15, 0.2) is 0 Å². The fourth-order valence-electron chi connectivity index (χ4n) is 0.934. The Morgan fingerprint density at radius 1 is 1.15 bits per heavy atom. The summed E-state index contributed by atoms with van der Waals surface area (Å²) < 4.78 is 22.7. The van der Waals surface area contributed by atoms with E-state index in [1.165, 1.54) is 0 Å². The summed E-state index contributed by atoms with van der Waals surface area (Å²) in [5.74, 6) is 1.64. The molecule has 0 N–H and O–H groups in total. The van der Waals surface area contributed by atoms with E-state index in [0.29, 0.717) is 29.7 Å². The lowest BCUT2D eigenvalue weighted by atomic mass is 10.2. The van der Waals surface area contributed by atoms with Gasteiger partial charge in [-0.2, -0.15) is 0 Å². The SMILES string of the molecule is CC(C)CCS(=O)(=O)CCCCCl. The van der Waals surface area contributed by atoms with Crippen LogP contribution in [-0.2, 0) is 9.84 Å². The number of rotatable bonds is 7.